The van der Waals surface area contributed by atoms with Crippen LogP contribution in [0.4, 0.5) is 0 Å². The Morgan fingerprint density at radius 1 is 1.60 bits per heavy atom. The molecule has 0 aromatic carbocycles. The van der Waals surface area contributed by atoms with E-state index in [9.17, 15) is 9.59 Å². The molecule has 0 heterocycles. The smallest absolute Gasteiger partial charge is 0.417 e. The van der Waals surface area contributed by atoms with Crippen LogP contribution in [0.5, 0.6) is 0 Å². The first-order valence-corrected chi connectivity index (χ1v) is 2.59. The van der Waals surface area contributed by atoms with E-state index in [4.69, 9.17) is 0 Å². The molecule has 0 bridgehead atoms. The molecule has 0 N–H and O–H groups in total. The monoisotopic (exact) mass is 143 g/mol. The van der Waals surface area contributed by atoms with Gasteiger partial charge in [-0.1, -0.05) is 6.58 Å². The lowest BCUT2D eigenvalue weighted by Gasteiger charge is -1.97. The third-order valence-corrected chi connectivity index (χ3v) is 0.655. The molecule has 0 rings (SSSR count). The summed E-state index contributed by atoms with van der Waals surface area (Å²) in [6.07, 6.45) is 1.03. The third-order valence-electron chi connectivity index (χ3n) is 0.655. The van der Waals surface area contributed by atoms with Gasteiger partial charge in [0.05, 0.1) is 0 Å². The van der Waals surface area contributed by atoms with Crippen molar-refractivity contribution in [2.75, 3.05) is 13.2 Å². The lowest BCUT2D eigenvalue weighted by atomic mass is 10.6. The maximum atomic E-state index is 10.3. The van der Waals surface area contributed by atoms with E-state index in [0.717, 1.165) is 6.08 Å². The number of carbonyl (C=O) groups excluding carboxylic acids is 2. The van der Waals surface area contributed by atoms with Crippen molar-refractivity contribution in [1.29, 1.82) is 0 Å². The number of ether oxygens (including phenoxy) is 2. The first-order valence-electron chi connectivity index (χ1n) is 2.59. The van der Waals surface area contributed by atoms with Gasteiger partial charge >= 0.3 is 12.4 Å². The van der Waals surface area contributed by atoms with Gasteiger partial charge in [-0.05, 0) is 0 Å². The molecule has 1 radical (unpaired) electrons. The van der Waals surface area contributed by atoms with Gasteiger partial charge in [-0.25, -0.2) is 9.59 Å². The van der Waals surface area contributed by atoms with Crippen molar-refractivity contribution in [3.8, 4) is 0 Å². The van der Waals surface area contributed by atoms with E-state index in [1.165, 1.54) is 6.47 Å². The second-order valence-corrected chi connectivity index (χ2v) is 1.30. The number of carbonyl (C=O) groups is 1. The van der Waals surface area contributed by atoms with Gasteiger partial charge in [-0.3, -0.25) is 0 Å². The lowest BCUT2D eigenvalue weighted by molar-refractivity contribution is -0.138. The largest absolute Gasteiger partial charge is 0.459 e. The fourth-order valence-corrected chi connectivity index (χ4v) is 0.285. The van der Waals surface area contributed by atoms with Crippen molar-refractivity contribution in [1.82, 2.24) is 0 Å². The standard InChI is InChI=1S/C6H7O4/c1-2-6(8)10-4-3-9-5-7/h2H,1,3-4H2. The fraction of sp³-hybridized carbons (Fsp3) is 0.333. The molecule has 0 atom stereocenters. The summed E-state index contributed by atoms with van der Waals surface area (Å²) in [4.78, 5) is 19.7. The molecule has 0 fully saturated rings. The van der Waals surface area contributed by atoms with Gasteiger partial charge in [0.15, 0.2) is 0 Å². The predicted molar refractivity (Wildman–Crippen MR) is 32.8 cm³/mol. The molecule has 0 spiro atoms. The maximum absolute atomic E-state index is 10.3. The van der Waals surface area contributed by atoms with Crippen molar-refractivity contribution >= 4 is 12.4 Å². The van der Waals surface area contributed by atoms with Crippen LogP contribution in [0, 0.1) is 0 Å². The van der Waals surface area contributed by atoms with E-state index in [1.54, 1.807) is 0 Å². The summed E-state index contributed by atoms with van der Waals surface area (Å²) in [5.74, 6) is -0.533. The van der Waals surface area contributed by atoms with Crippen molar-refractivity contribution in [2.45, 2.75) is 0 Å². The van der Waals surface area contributed by atoms with E-state index >= 15 is 0 Å². The van der Waals surface area contributed by atoms with E-state index in [-0.39, 0.29) is 13.2 Å². The lowest BCUT2D eigenvalue weighted by Crippen LogP contribution is -2.07. The summed E-state index contributed by atoms with van der Waals surface area (Å²) in [5, 5.41) is 0. The molecule has 0 saturated carbocycles. The van der Waals surface area contributed by atoms with Crippen LogP contribution in [-0.2, 0) is 19.1 Å². The molecule has 0 aromatic rings. The van der Waals surface area contributed by atoms with E-state index in [1.807, 2.05) is 0 Å². The highest BCUT2D eigenvalue weighted by atomic mass is 16.6. The molecule has 4 heteroatoms. The Balaban J connectivity index is 3.11. The summed E-state index contributed by atoms with van der Waals surface area (Å²) in [7, 11) is 0. The zero-order valence-corrected chi connectivity index (χ0v) is 5.33. The van der Waals surface area contributed by atoms with Crippen LogP contribution in [0.1, 0.15) is 0 Å². The second kappa shape index (κ2) is 5.81. The molecule has 0 amide bonds. The molecular formula is C6H7O4. The summed E-state index contributed by atoms with van der Waals surface area (Å²) < 4.78 is 8.54. The van der Waals surface area contributed by atoms with Gasteiger partial charge in [-0.2, -0.15) is 0 Å². The van der Waals surface area contributed by atoms with Crippen LogP contribution in [0.15, 0.2) is 12.7 Å². The minimum absolute atomic E-state index is 0.0308. The van der Waals surface area contributed by atoms with Gasteiger partial charge in [0.1, 0.15) is 13.2 Å². The highest BCUT2D eigenvalue weighted by Gasteiger charge is 1.93. The minimum atomic E-state index is -0.533. The Morgan fingerprint density at radius 2 is 2.30 bits per heavy atom. The SMILES string of the molecule is C=CC(=O)OCCO[C]=O. The maximum Gasteiger partial charge on any atom is 0.417 e. The van der Waals surface area contributed by atoms with Gasteiger partial charge in [0.2, 0.25) is 0 Å². The second-order valence-electron chi connectivity index (χ2n) is 1.30. The highest BCUT2D eigenvalue weighted by molar-refractivity contribution is 5.81. The number of hydrogen-bond donors (Lipinski definition) is 0. The average molecular weight is 143 g/mol. The van der Waals surface area contributed by atoms with Crippen LogP contribution >= 0.6 is 0 Å². The molecule has 4 nitrogen and oxygen atoms in total. The van der Waals surface area contributed by atoms with E-state index in [0.29, 0.717) is 0 Å². The summed E-state index contributed by atoms with van der Waals surface area (Å²) in [5.41, 5.74) is 0. The van der Waals surface area contributed by atoms with Gasteiger partial charge in [-0.15, -0.1) is 0 Å². The molecule has 55 valence electrons. The number of esters is 1. The number of rotatable bonds is 5. The summed E-state index contributed by atoms with van der Waals surface area (Å²) >= 11 is 0. The molecule has 0 aliphatic heterocycles. The zero-order valence-electron chi connectivity index (χ0n) is 5.33. The molecule has 0 aliphatic carbocycles. The van der Waals surface area contributed by atoms with Crippen LogP contribution in [0.3, 0.4) is 0 Å². The zero-order chi connectivity index (χ0) is 7.82. The molecule has 10 heavy (non-hydrogen) atoms. The van der Waals surface area contributed by atoms with Crippen molar-refractivity contribution in [3.05, 3.63) is 12.7 Å². The van der Waals surface area contributed by atoms with Crippen molar-refractivity contribution in [2.24, 2.45) is 0 Å². The third kappa shape index (κ3) is 4.83. The van der Waals surface area contributed by atoms with Crippen LogP contribution in [0.25, 0.3) is 0 Å². The molecule has 0 aliphatic rings. The van der Waals surface area contributed by atoms with Gasteiger partial charge in [0, 0.05) is 6.08 Å². The molecule has 0 saturated heterocycles. The number of hydrogen-bond acceptors (Lipinski definition) is 4. The first kappa shape index (κ1) is 8.68. The minimum Gasteiger partial charge on any atom is -0.459 e. The highest BCUT2D eigenvalue weighted by Crippen LogP contribution is 1.78. The van der Waals surface area contributed by atoms with E-state index < -0.39 is 5.97 Å². The Hall–Kier alpha value is -1.32. The quantitative estimate of drug-likeness (QED) is 0.304. The van der Waals surface area contributed by atoms with Gasteiger partial charge in [0.25, 0.3) is 0 Å². The van der Waals surface area contributed by atoms with Crippen molar-refractivity contribution in [3.63, 3.8) is 0 Å². The average Bonchev–Trinajstić information content (AvgIpc) is 1.98. The van der Waals surface area contributed by atoms with E-state index in [2.05, 4.69) is 16.1 Å². The van der Waals surface area contributed by atoms with Crippen molar-refractivity contribution < 1.29 is 19.1 Å². The Labute approximate surface area is 58.4 Å². The Kier molecular flexibility index (Phi) is 5.04. The van der Waals surface area contributed by atoms with Crippen LogP contribution in [-0.4, -0.2) is 25.7 Å². The summed E-state index contributed by atoms with van der Waals surface area (Å²) in [6, 6.07) is 0. The Morgan fingerprint density at radius 3 is 2.80 bits per heavy atom. The Bertz CT molecular complexity index is 130. The molecule has 0 aromatic heterocycles. The molecular weight excluding hydrogens is 136 g/mol. The van der Waals surface area contributed by atoms with Crippen LogP contribution in [0.2, 0.25) is 0 Å². The normalized spacial score (nSPS) is 8.00. The topological polar surface area (TPSA) is 52.6 Å². The molecule has 0 unspecified atom stereocenters. The summed E-state index contributed by atoms with van der Waals surface area (Å²) in [6.45, 7) is 4.43. The van der Waals surface area contributed by atoms with Crippen LogP contribution < -0.4 is 0 Å². The fourth-order valence-electron chi connectivity index (χ4n) is 0.285. The predicted octanol–water partition coefficient (Wildman–Crippen LogP) is -0.201. The van der Waals surface area contributed by atoms with Gasteiger partial charge < -0.3 is 9.47 Å². The first-order chi connectivity index (χ1) is 4.81.